The lowest BCUT2D eigenvalue weighted by molar-refractivity contribution is -0.112. The topological polar surface area (TPSA) is 49.4 Å². The molecule has 3 rings (SSSR count). The first-order valence-electron chi connectivity index (χ1n) is 6.32. The third-order valence-corrected chi connectivity index (χ3v) is 3.82. The first-order valence-corrected chi connectivity index (χ1v) is 6.32. The first kappa shape index (κ1) is 11.3. The molecule has 0 radical (unpaired) electrons. The number of nitrogens with zero attached hydrogens (tertiary/aromatic N) is 1. The Bertz CT molecular complexity index is 539. The number of rotatable bonds is 1. The molecule has 2 unspecified atom stereocenters. The van der Waals surface area contributed by atoms with Crippen LogP contribution in [-0.2, 0) is 4.79 Å². The van der Waals surface area contributed by atoms with Gasteiger partial charge in [-0.15, -0.1) is 0 Å². The van der Waals surface area contributed by atoms with Crippen molar-refractivity contribution in [3.05, 3.63) is 23.8 Å². The van der Waals surface area contributed by atoms with Crippen LogP contribution in [0, 0.1) is 5.92 Å². The fraction of sp³-hybridized carbons (Fsp3) is 0.429. The Labute approximate surface area is 106 Å². The second kappa shape index (κ2) is 3.83. The van der Waals surface area contributed by atoms with Gasteiger partial charge in [0.2, 0.25) is 0 Å². The first-order chi connectivity index (χ1) is 8.56. The molecular formula is C14H16N2O2. The summed E-state index contributed by atoms with van der Waals surface area (Å²) in [5.74, 6) is -0.270. The molecule has 0 spiro atoms. The number of anilines is 2. The Morgan fingerprint density at radius 3 is 2.72 bits per heavy atom. The number of carbonyl (C=O) groups is 2. The normalized spacial score (nSPS) is 26.4. The number of amides is 1. The molecule has 2 atom stereocenters. The average molecular weight is 244 g/mol. The molecule has 2 aliphatic rings. The molecule has 2 aliphatic heterocycles. The smallest absolute Gasteiger partial charge is 0.296 e. The Morgan fingerprint density at radius 2 is 2.06 bits per heavy atom. The van der Waals surface area contributed by atoms with Gasteiger partial charge in [-0.3, -0.25) is 9.59 Å². The minimum Gasteiger partial charge on any atom is -0.368 e. The number of carbonyl (C=O) groups excluding carboxylic acids is 2. The number of hydrogen-bond acceptors (Lipinski definition) is 3. The highest BCUT2D eigenvalue weighted by atomic mass is 16.2. The number of benzene rings is 1. The van der Waals surface area contributed by atoms with Crippen LogP contribution in [0.3, 0.4) is 0 Å². The molecule has 0 aromatic heterocycles. The zero-order chi connectivity index (χ0) is 12.9. The quantitative estimate of drug-likeness (QED) is 0.769. The molecule has 1 fully saturated rings. The van der Waals surface area contributed by atoms with Crippen LogP contribution in [-0.4, -0.2) is 24.3 Å². The number of fused-ring (bicyclic) bond motifs is 1. The molecule has 94 valence electrons. The lowest BCUT2D eigenvalue weighted by Crippen LogP contribution is -2.26. The minimum atomic E-state index is -0.523. The zero-order valence-corrected chi connectivity index (χ0v) is 10.6. The van der Waals surface area contributed by atoms with E-state index in [2.05, 4.69) is 24.1 Å². The third-order valence-electron chi connectivity index (χ3n) is 3.82. The van der Waals surface area contributed by atoms with Gasteiger partial charge >= 0.3 is 0 Å². The molecule has 1 aromatic carbocycles. The molecule has 18 heavy (non-hydrogen) atoms. The van der Waals surface area contributed by atoms with Gasteiger partial charge in [0.05, 0.1) is 11.3 Å². The standard InChI is InChI=1S/C14H16N2O2/c1-8-5-9(2)16(7-8)10-3-4-11-12(6-10)15-14(18)13(11)17/h3-4,6,8-9H,5,7H2,1-2H3,(H,15,17,18). The number of Topliss-reactive ketones (excluding diaryl/α,β-unsaturated/α-hetero) is 1. The van der Waals surface area contributed by atoms with E-state index in [0.29, 0.717) is 23.2 Å². The zero-order valence-electron chi connectivity index (χ0n) is 10.6. The van der Waals surface area contributed by atoms with E-state index in [-0.39, 0.29) is 0 Å². The summed E-state index contributed by atoms with van der Waals surface area (Å²) >= 11 is 0. The van der Waals surface area contributed by atoms with Crippen molar-refractivity contribution < 1.29 is 9.59 Å². The van der Waals surface area contributed by atoms with Gasteiger partial charge in [0, 0.05) is 18.3 Å². The summed E-state index contributed by atoms with van der Waals surface area (Å²) in [6, 6.07) is 6.10. The molecule has 4 heteroatoms. The summed E-state index contributed by atoms with van der Waals surface area (Å²) in [6.45, 7) is 5.48. The SMILES string of the molecule is CC1CC(C)N(c2ccc3c(c2)NC(=O)C3=O)C1. The molecule has 2 heterocycles. The van der Waals surface area contributed by atoms with Crippen LogP contribution in [0.2, 0.25) is 0 Å². The van der Waals surface area contributed by atoms with Crippen LogP contribution in [0.25, 0.3) is 0 Å². The highest BCUT2D eigenvalue weighted by Gasteiger charge is 2.30. The van der Waals surface area contributed by atoms with Gasteiger partial charge in [-0.05, 0) is 37.5 Å². The second-order valence-corrected chi connectivity index (χ2v) is 5.36. The Kier molecular flexibility index (Phi) is 2.40. The monoisotopic (exact) mass is 244 g/mol. The summed E-state index contributed by atoms with van der Waals surface area (Å²) in [5, 5.41) is 2.62. The van der Waals surface area contributed by atoms with Gasteiger partial charge in [0.1, 0.15) is 0 Å². The average Bonchev–Trinajstić information content (AvgIpc) is 2.80. The lowest BCUT2D eigenvalue weighted by atomic mass is 10.1. The number of ketones is 1. The van der Waals surface area contributed by atoms with Crippen LogP contribution >= 0.6 is 0 Å². The molecule has 1 amide bonds. The van der Waals surface area contributed by atoms with E-state index >= 15 is 0 Å². The summed E-state index contributed by atoms with van der Waals surface area (Å²) in [4.78, 5) is 25.2. The van der Waals surface area contributed by atoms with Gasteiger partial charge in [-0.2, -0.15) is 0 Å². The minimum absolute atomic E-state index is 0.431. The van der Waals surface area contributed by atoms with Gasteiger partial charge in [0.15, 0.2) is 0 Å². The fourth-order valence-electron chi connectivity index (χ4n) is 2.97. The molecule has 0 bridgehead atoms. The maximum atomic E-state index is 11.5. The maximum absolute atomic E-state index is 11.5. The lowest BCUT2D eigenvalue weighted by Gasteiger charge is -2.24. The highest BCUT2D eigenvalue weighted by Crippen LogP contribution is 2.33. The third kappa shape index (κ3) is 1.60. The van der Waals surface area contributed by atoms with Crippen molar-refractivity contribution >= 4 is 23.1 Å². The van der Waals surface area contributed by atoms with E-state index in [9.17, 15) is 9.59 Å². The van der Waals surface area contributed by atoms with E-state index in [1.54, 1.807) is 6.07 Å². The Morgan fingerprint density at radius 1 is 1.28 bits per heavy atom. The maximum Gasteiger partial charge on any atom is 0.296 e. The van der Waals surface area contributed by atoms with Crippen LogP contribution < -0.4 is 10.2 Å². The fourth-order valence-corrected chi connectivity index (χ4v) is 2.97. The van der Waals surface area contributed by atoms with Crippen molar-refractivity contribution in [1.82, 2.24) is 0 Å². The molecule has 4 nitrogen and oxygen atoms in total. The van der Waals surface area contributed by atoms with Gasteiger partial charge < -0.3 is 10.2 Å². The van der Waals surface area contributed by atoms with Gasteiger partial charge in [0.25, 0.3) is 11.7 Å². The van der Waals surface area contributed by atoms with Crippen molar-refractivity contribution in [2.45, 2.75) is 26.3 Å². The summed E-state index contributed by atoms with van der Waals surface area (Å²) < 4.78 is 0. The van der Waals surface area contributed by atoms with Crippen molar-refractivity contribution in [1.29, 1.82) is 0 Å². The predicted octanol–water partition coefficient (Wildman–Crippen LogP) is 2.06. The van der Waals surface area contributed by atoms with E-state index < -0.39 is 11.7 Å². The van der Waals surface area contributed by atoms with Crippen molar-refractivity contribution in [3.63, 3.8) is 0 Å². The number of hydrogen-bond donors (Lipinski definition) is 1. The van der Waals surface area contributed by atoms with Crippen molar-refractivity contribution in [2.24, 2.45) is 5.92 Å². The van der Waals surface area contributed by atoms with Gasteiger partial charge in [-0.1, -0.05) is 6.92 Å². The summed E-state index contributed by atoms with van der Waals surface area (Å²) in [5.41, 5.74) is 2.22. The predicted molar refractivity (Wildman–Crippen MR) is 70.0 cm³/mol. The van der Waals surface area contributed by atoms with Crippen LogP contribution in [0.4, 0.5) is 11.4 Å². The van der Waals surface area contributed by atoms with Crippen LogP contribution in [0.1, 0.15) is 30.6 Å². The number of nitrogens with one attached hydrogen (secondary N) is 1. The Hall–Kier alpha value is -1.84. The van der Waals surface area contributed by atoms with Gasteiger partial charge in [-0.25, -0.2) is 0 Å². The Balaban J connectivity index is 1.95. The molecule has 1 saturated heterocycles. The van der Waals surface area contributed by atoms with E-state index in [0.717, 1.165) is 12.2 Å². The molecular weight excluding hydrogens is 228 g/mol. The van der Waals surface area contributed by atoms with E-state index in [1.165, 1.54) is 6.42 Å². The second-order valence-electron chi connectivity index (χ2n) is 5.36. The highest BCUT2D eigenvalue weighted by molar-refractivity contribution is 6.51. The van der Waals surface area contributed by atoms with E-state index in [4.69, 9.17) is 0 Å². The van der Waals surface area contributed by atoms with Crippen LogP contribution in [0.15, 0.2) is 18.2 Å². The molecule has 1 aromatic rings. The largest absolute Gasteiger partial charge is 0.368 e. The summed E-state index contributed by atoms with van der Waals surface area (Å²) in [7, 11) is 0. The van der Waals surface area contributed by atoms with Crippen LogP contribution in [0.5, 0.6) is 0 Å². The molecule has 1 N–H and O–H groups in total. The van der Waals surface area contributed by atoms with Crippen molar-refractivity contribution in [3.8, 4) is 0 Å². The summed E-state index contributed by atoms with van der Waals surface area (Å²) in [6.07, 6.45) is 1.18. The van der Waals surface area contributed by atoms with E-state index in [1.807, 2.05) is 12.1 Å². The molecule has 0 aliphatic carbocycles. The molecule has 0 saturated carbocycles. The van der Waals surface area contributed by atoms with Crippen molar-refractivity contribution in [2.75, 3.05) is 16.8 Å².